The number of carbonyl (C=O) groups is 1. The summed E-state index contributed by atoms with van der Waals surface area (Å²) in [5, 5.41) is 9.57. The Kier molecular flexibility index (Phi) is 14.0. The minimum atomic E-state index is -3.29. The van der Waals surface area contributed by atoms with Gasteiger partial charge in [-0.1, -0.05) is 255 Å². The lowest BCUT2D eigenvalue weighted by Crippen LogP contribution is -2.74. The second-order valence-corrected chi connectivity index (χ2v) is 26.9. The van der Waals surface area contributed by atoms with E-state index in [9.17, 15) is 4.79 Å². The first-order chi connectivity index (χ1) is 45.1. The molecule has 91 heavy (non-hydrogen) atoms. The Bertz CT molecular complexity index is 5170. The Hall–Kier alpha value is -11.8. The predicted octanol–water partition coefficient (Wildman–Crippen LogP) is 19.1. The van der Waals surface area contributed by atoms with Crippen molar-refractivity contribution in [2.75, 3.05) is 9.80 Å². The summed E-state index contributed by atoms with van der Waals surface area (Å²) in [5.74, 6) is 0.00113. The van der Waals surface area contributed by atoms with E-state index < -0.39 is 8.07 Å². The fraction of sp³-hybridized carbons (Fsp3) is 0. The largest absolute Gasteiger partial charge is 0.310 e. The van der Waals surface area contributed by atoms with Crippen molar-refractivity contribution in [2.45, 2.75) is 0 Å². The van der Waals surface area contributed by atoms with Gasteiger partial charge in [0, 0.05) is 66.8 Å². The molecule has 0 aliphatic heterocycles. The van der Waals surface area contributed by atoms with Crippen LogP contribution in [0.4, 0.5) is 34.1 Å². The summed E-state index contributed by atoms with van der Waals surface area (Å²) in [5.41, 5.74) is 16.2. The molecule has 0 spiro atoms. The molecule has 16 rings (SSSR count). The van der Waals surface area contributed by atoms with Crippen LogP contribution in [0, 0.1) is 0 Å². The molecule has 6 heteroatoms. The molecular formula is C85H60N4OSi. The molecule has 2 aromatic heterocycles. The van der Waals surface area contributed by atoms with Crippen LogP contribution in [0.3, 0.4) is 0 Å². The van der Waals surface area contributed by atoms with Gasteiger partial charge < -0.3 is 18.9 Å². The molecule has 16 aromatic rings. The molecule has 430 valence electrons. The first-order valence-electron chi connectivity index (χ1n) is 31.0. The molecule has 0 saturated heterocycles. The zero-order chi connectivity index (χ0) is 60.7. The van der Waals surface area contributed by atoms with Crippen LogP contribution in [-0.2, 0) is 0 Å². The van der Waals surface area contributed by atoms with Crippen LogP contribution in [0.2, 0.25) is 0 Å². The van der Waals surface area contributed by atoms with E-state index in [1.165, 1.54) is 20.7 Å². The third-order valence-corrected chi connectivity index (χ3v) is 22.8. The molecule has 0 N–H and O–H groups in total. The number of anilines is 6. The summed E-state index contributed by atoms with van der Waals surface area (Å²) < 4.78 is 5.03. The standard InChI is InChI=1S/C85H60N4OSi/c90-85(62-28-8-1-9-29-62)76-45-23-22-42-73(76)61-48-52-71(53-49-61)91(69-38-18-6-19-39-69,70-40-20-7-21-41-70)72-54-57-83(88-79-46-26-24-43-74(79)77-58-67(50-55-81(77)88)86(63-30-10-2-11-31-63)64-32-12-3-13-33-64)84(60-72)89-80-47-27-25-44-75(80)78-59-68(51-56-82(78)89)87(65-34-14-4-15-35-65)66-36-16-5-17-37-66/h1-60H. The Balaban J connectivity index is 0.971. The lowest BCUT2D eigenvalue weighted by Gasteiger charge is -2.35. The van der Waals surface area contributed by atoms with Gasteiger partial charge in [-0.25, -0.2) is 0 Å². The zero-order valence-corrected chi connectivity index (χ0v) is 50.8. The number of ketones is 1. The number of aromatic nitrogens is 2. The van der Waals surface area contributed by atoms with Gasteiger partial charge in [0.05, 0.1) is 33.4 Å². The van der Waals surface area contributed by atoms with Gasteiger partial charge in [0.2, 0.25) is 0 Å². The molecular weight excluding hydrogens is 1120 g/mol. The fourth-order valence-corrected chi connectivity index (χ4v) is 18.7. The van der Waals surface area contributed by atoms with Gasteiger partial charge in [-0.3, -0.25) is 4.79 Å². The second kappa shape index (κ2) is 23.4. The van der Waals surface area contributed by atoms with Crippen molar-refractivity contribution < 1.29 is 4.79 Å². The maximum atomic E-state index is 14.3. The van der Waals surface area contributed by atoms with Crippen molar-refractivity contribution in [1.29, 1.82) is 0 Å². The van der Waals surface area contributed by atoms with Crippen molar-refractivity contribution in [2.24, 2.45) is 0 Å². The van der Waals surface area contributed by atoms with E-state index in [-0.39, 0.29) is 5.78 Å². The zero-order valence-electron chi connectivity index (χ0n) is 49.8. The van der Waals surface area contributed by atoms with E-state index in [4.69, 9.17) is 0 Å². The number of benzene rings is 14. The average molecular weight is 1180 g/mol. The minimum Gasteiger partial charge on any atom is -0.310 e. The third-order valence-electron chi connectivity index (χ3n) is 18.0. The van der Waals surface area contributed by atoms with E-state index in [0.29, 0.717) is 11.1 Å². The monoisotopic (exact) mass is 1180 g/mol. The smallest absolute Gasteiger partial charge is 0.193 e. The van der Waals surface area contributed by atoms with Gasteiger partial charge in [0.25, 0.3) is 0 Å². The van der Waals surface area contributed by atoms with Crippen molar-refractivity contribution >= 4 is 112 Å². The highest BCUT2D eigenvalue weighted by atomic mass is 28.3. The lowest BCUT2D eigenvalue weighted by atomic mass is 9.94. The van der Waals surface area contributed by atoms with E-state index in [1.54, 1.807) is 0 Å². The number of carbonyl (C=O) groups excluding carboxylic acids is 1. The first-order valence-corrected chi connectivity index (χ1v) is 33.0. The van der Waals surface area contributed by atoms with Crippen LogP contribution in [0.25, 0.3) is 66.1 Å². The number of hydrogen-bond donors (Lipinski definition) is 0. The number of fused-ring (bicyclic) bond motifs is 6. The number of hydrogen-bond acceptors (Lipinski definition) is 3. The van der Waals surface area contributed by atoms with Gasteiger partial charge >= 0.3 is 0 Å². The van der Waals surface area contributed by atoms with Gasteiger partial charge in [0.1, 0.15) is 0 Å². The van der Waals surface area contributed by atoms with E-state index in [0.717, 1.165) is 100 Å². The van der Waals surface area contributed by atoms with Crippen LogP contribution in [0.5, 0.6) is 0 Å². The molecule has 2 heterocycles. The molecule has 0 amide bonds. The number of nitrogens with zero attached hydrogens (tertiary/aromatic N) is 4. The quantitative estimate of drug-likeness (QED) is 0.0583. The third kappa shape index (κ3) is 9.53. The van der Waals surface area contributed by atoms with Crippen LogP contribution in [-0.4, -0.2) is 23.0 Å². The van der Waals surface area contributed by atoms with Crippen LogP contribution in [0.1, 0.15) is 15.9 Å². The lowest BCUT2D eigenvalue weighted by molar-refractivity contribution is 0.103. The maximum absolute atomic E-state index is 14.3. The summed E-state index contributed by atoms with van der Waals surface area (Å²) in [7, 11) is -3.29. The van der Waals surface area contributed by atoms with Crippen molar-refractivity contribution in [1.82, 2.24) is 9.13 Å². The van der Waals surface area contributed by atoms with Gasteiger partial charge in [0.15, 0.2) is 13.9 Å². The summed E-state index contributed by atoms with van der Waals surface area (Å²) in [4.78, 5) is 19.0. The molecule has 0 radical (unpaired) electrons. The summed E-state index contributed by atoms with van der Waals surface area (Å²) in [6.45, 7) is 0. The van der Waals surface area contributed by atoms with Crippen LogP contribution < -0.4 is 30.5 Å². The van der Waals surface area contributed by atoms with Gasteiger partial charge in [-0.2, -0.15) is 0 Å². The van der Waals surface area contributed by atoms with E-state index in [2.05, 4.69) is 334 Å². The summed E-state index contributed by atoms with van der Waals surface area (Å²) in [6, 6.07) is 131. The maximum Gasteiger partial charge on any atom is 0.193 e. The molecule has 0 bridgehead atoms. The SMILES string of the molecule is O=C(c1ccccc1)c1ccccc1-c1ccc([Si](c2ccccc2)(c2ccccc2)c2ccc(-n3c4ccccc4c4cc(N(c5ccccc5)c5ccccc5)ccc43)c(-n3c4ccccc4c4cc(N(c5ccccc5)c5ccccc5)ccc43)c2)cc1. The van der Waals surface area contributed by atoms with Gasteiger partial charge in [-0.15, -0.1) is 0 Å². The molecule has 0 fully saturated rings. The highest BCUT2D eigenvalue weighted by molar-refractivity contribution is 7.20. The Morgan fingerprint density at radius 2 is 0.626 bits per heavy atom. The van der Waals surface area contributed by atoms with Crippen LogP contribution in [0.15, 0.2) is 364 Å². The Morgan fingerprint density at radius 3 is 1.10 bits per heavy atom. The molecule has 0 aliphatic rings. The number of rotatable bonds is 15. The fourth-order valence-electron chi connectivity index (χ4n) is 14.0. The van der Waals surface area contributed by atoms with Crippen molar-refractivity contribution in [3.8, 4) is 22.5 Å². The molecule has 0 saturated carbocycles. The predicted molar refractivity (Wildman–Crippen MR) is 383 cm³/mol. The molecule has 14 aromatic carbocycles. The normalized spacial score (nSPS) is 11.6. The molecule has 0 aliphatic carbocycles. The Labute approximate surface area is 530 Å². The number of para-hydroxylation sites is 6. The highest BCUT2D eigenvalue weighted by Crippen LogP contribution is 2.44. The van der Waals surface area contributed by atoms with Crippen molar-refractivity contribution in [3.05, 3.63) is 375 Å². The molecule has 5 nitrogen and oxygen atoms in total. The van der Waals surface area contributed by atoms with Crippen LogP contribution >= 0.6 is 0 Å². The minimum absolute atomic E-state index is 0.00113. The Morgan fingerprint density at radius 1 is 0.264 bits per heavy atom. The highest BCUT2D eigenvalue weighted by Gasteiger charge is 2.42. The summed E-state index contributed by atoms with van der Waals surface area (Å²) in [6.07, 6.45) is 0. The van der Waals surface area contributed by atoms with Gasteiger partial charge in [-0.05, 0) is 141 Å². The molecule has 0 atom stereocenters. The van der Waals surface area contributed by atoms with E-state index >= 15 is 0 Å². The average Bonchev–Trinajstić information content (AvgIpc) is 1.43. The molecule has 0 unspecified atom stereocenters. The van der Waals surface area contributed by atoms with Crippen molar-refractivity contribution in [3.63, 3.8) is 0 Å². The topological polar surface area (TPSA) is 33.4 Å². The van der Waals surface area contributed by atoms with E-state index in [1.807, 2.05) is 48.5 Å². The summed E-state index contributed by atoms with van der Waals surface area (Å²) >= 11 is 0. The first kappa shape index (κ1) is 54.5. The second-order valence-electron chi connectivity index (χ2n) is 23.1.